The third-order valence-corrected chi connectivity index (χ3v) is 5.11. The summed E-state index contributed by atoms with van der Waals surface area (Å²) in [5, 5.41) is 4.07. The zero-order valence-electron chi connectivity index (χ0n) is 16.3. The molecule has 0 spiro atoms. The Bertz CT molecular complexity index is 1120. The molecule has 4 aromatic rings. The van der Waals surface area contributed by atoms with Gasteiger partial charge in [0.25, 0.3) is 0 Å². The summed E-state index contributed by atoms with van der Waals surface area (Å²) >= 11 is 0. The average molecular weight is 387 g/mol. The van der Waals surface area contributed by atoms with E-state index in [-0.39, 0.29) is 5.91 Å². The highest BCUT2D eigenvalue weighted by Gasteiger charge is 2.11. The standard InChI is InChI=1S/C23H25N5O/c24-23-21-22(18-10-4-5-11-19(18)27-23)28(16-26-21)15-7-6-14-25-20(29)13-12-17-8-2-1-3-9-17/h1-5,8-11,16H,6-7,12-15H2,(H2,24,27)(H,25,29). The molecule has 0 saturated carbocycles. The highest BCUT2D eigenvalue weighted by atomic mass is 16.1. The van der Waals surface area contributed by atoms with Crippen molar-refractivity contribution in [3.63, 3.8) is 0 Å². The van der Waals surface area contributed by atoms with Crippen molar-refractivity contribution in [2.75, 3.05) is 12.3 Å². The molecule has 148 valence electrons. The summed E-state index contributed by atoms with van der Waals surface area (Å²) in [5.74, 6) is 0.565. The number of pyridine rings is 1. The van der Waals surface area contributed by atoms with E-state index in [4.69, 9.17) is 5.73 Å². The topological polar surface area (TPSA) is 85.8 Å². The molecular formula is C23H25N5O. The third kappa shape index (κ3) is 4.37. The lowest BCUT2D eigenvalue weighted by Crippen LogP contribution is -2.24. The number of carbonyl (C=O) groups is 1. The number of aromatic nitrogens is 3. The molecule has 6 nitrogen and oxygen atoms in total. The van der Waals surface area contributed by atoms with Crippen LogP contribution in [-0.4, -0.2) is 27.0 Å². The second-order valence-corrected chi connectivity index (χ2v) is 7.19. The van der Waals surface area contributed by atoms with Gasteiger partial charge in [-0.1, -0.05) is 48.5 Å². The number of fused-ring (bicyclic) bond motifs is 3. The first kappa shape index (κ1) is 18.9. The summed E-state index contributed by atoms with van der Waals surface area (Å²) < 4.78 is 2.13. The maximum atomic E-state index is 12.0. The number of anilines is 1. The molecule has 2 aromatic carbocycles. The zero-order chi connectivity index (χ0) is 20.1. The van der Waals surface area contributed by atoms with Crippen LogP contribution >= 0.6 is 0 Å². The molecule has 0 bridgehead atoms. The van der Waals surface area contributed by atoms with Crippen LogP contribution in [0.15, 0.2) is 60.9 Å². The molecule has 0 radical (unpaired) electrons. The van der Waals surface area contributed by atoms with E-state index >= 15 is 0 Å². The number of benzene rings is 2. The van der Waals surface area contributed by atoms with Crippen molar-refractivity contribution in [1.29, 1.82) is 0 Å². The van der Waals surface area contributed by atoms with Crippen LogP contribution in [0.25, 0.3) is 21.9 Å². The average Bonchev–Trinajstić information content (AvgIpc) is 3.18. The van der Waals surface area contributed by atoms with Crippen LogP contribution in [0.4, 0.5) is 5.82 Å². The van der Waals surface area contributed by atoms with E-state index in [0.29, 0.717) is 18.8 Å². The summed E-state index contributed by atoms with van der Waals surface area (Å²) in [4.78, 5) is 20.9. The minimum atomic E-state index is 0.103. The van der Waals surface area contributed by atoms with Gasteiger partial charge >= 0.3 is 0 Å². The molecular weight excluding hydrogens is 362 g/mol. The van der Waals surface area contributed by atoms with Gasteiger partial charge in [0.05, 0.1) is 17.4 Å². The number of imidazole rings is 1. The molecule has 0 unspecified atom stereocenters. The number of nitrogens with zero attached hydrogens (tertiary/aromatic N) is 3. The van der Waals surface area contributed by atoms with E-state index in [9.17, 15) is 4.79 Å². The number of hydrogen-bond donors (Lipinski definition) is 2. The number of nitrogen functional groups attached to an aromatic ring is 1. The molecule has 0 fully saturated rings. The normalized spacial score (nSPS) is 11.2. The van der Waals surface area contributed by atoms with Gasteiger partial charge < -0.3 is 15.6 Å². The summed E-state index contributed by atoms with van der Waals surface area (Å²) in [6, 6.07) is 18.1. The zero-order valence-corrected chi connectivity index (χ0v) is 16.3. The van der Waals surface area contributed by atoms with Gasteiger partial charge in [-0.2, -0.15) is 0 Å². The van der Waals surface area contributed by atoms with Crippen molar-refractivity contribution >= 4 is 33.7 Å². The van der Waals surface area contributed by atoms with E-state index in [1.165, 1.54) is 5.56 Å². The molecule has 6 heteroatoms. The molecule has 0 aliphatic heterocycles. The van der Waals surface area contributed by atoms with E-state index in [1.807, 2.05) is 42.7 Å². The molecule has 2 aromatic heterocycles. The predicted molar refractivity (Wildman–Crippen MR) is 116 cm³/mol. The summed E-state index contributed by atoms with van der Waals surface area (Å²) in [6.07, 6.45) is 4.98. The van der Waals surface area contributed by atoms with Crippen LogP contribution in [0.3, 0.4) is 0 Å². The first-order valence-corrected chi connectivity index (χ1v) is 10.0. The van der Waals surface area contributed by atoms with Crippen LogP contribution < -0.4 is 11.1 Å². The monoisotopic (exact) mass is 387 g/mol. The minimum Gasteiger partial charge on any atom is -0.382 e. The van der Waals surface area contributed by atoms with Crippen molar-refractivity contribution in [3.05, 3.63) is 66.5 Å². The molecule has 1 amide bonds. The molecule has 3 N–H and O–H groups in total. The number of hydrogen-bond acceptors (Lipinski definition) is 4. The van der Waals surface area contributed by atoms with Gasteiger partial charge in [-0.25, -0.2) is 9.97 Å². The fraction of sp³-hybridized carbons (Fsp3) is 0.261. The number of unbranched alkanes of at least 4 members (excludes halogenated alkanes) is 1. The van der Waals surface area contributed by atoms with Gasteiger partial charge in [0.2, 0.25) is 5.91 Å². The molecule has 2 heterocycles. The lowest BCUT2D eigenvalue weighted by Gasteiger charge is -2.08. The highest BCUT2D eigenvalue weighted by Crippen LogP contribution is 2.27. The Morgan fingerprint density at radius 1 is 1.03 bits per heavy atom. The van der Waals surface area contributed by atoms with Crippen LogP contribution in [-0.2, 0) is 17.8 Å². The van der Waals surface area contributed by atoms with E-state index in [2.05, 4.69) is 38.1 Å². The fourth-order valence-corrected chi connectivity index (χ4v) is 3.60. The van der Waals surface area contributed by atoms with Gasteiger partial charge in [0, 0.05) is 24.9 Å². The smallest absolute Gasteiger partial charge is 0.220 e. The quantitative estimate of drug-likeness (QED) is 0.452. The number of nitrogens with one attached hydrogen (secondary N) is 1. The first-order valence-electron chi connectivity index (χ1n) is 10.0. The Morgan fingerprint density at radius 2 is 1.83 bits per heavy atom. The van der Waals surface area contributed by atoms with Crippen molar-refractivity contribution in [2.24, 2.45) is 0 Å². The summed E-state index contributed by atoms with van der Waals surface area (Å²) in [5.41, 5.74) is 9.93. The molecule has 0 atom stereocenters. The fourth-order valence-electron chi connectivity index (χ4n) is 3.60. The van der Waals surface area contributed by atoms with Gasteiger partial charge in [-0.3, -0.25) is 4.79 Å². The molecule has 29 heavy (non-hydrogen) atoms. The van der Waals surface area contributed by atoms with Crippen LogP contribution in [0, 0.1) is 0 Å². The van der Waals surface area contributed by atoms with Crippen LogP contribution in [0.1, 0.15) is 24.8 Å². The number of rotatable bonds is 8. The van der Waals surface area contributed by atoms with Crippen molar-refractivity contribution < 1.29 is 4.79 Å². The van der Waals surface area contributed by atoms with Gasteiger partial charge in [-0.15, -0.1) is 0 Å². The Hall–Kier alpha value is -3.41. The Kier molecular flexibility index (Phi) is 5.70. The maximum absolute atomic E-state index is 12.0. The first-order chi connectivity index (χ1) is 14.2. The molecule has 0 aliphatic carbocycles. The molecule has 4 rings (SSSR count). The predicted octanol–water partition coefficient (Wildman–Crippen LogP) is 3.70. The SMILES string of the molecule is Nc1nc2ccccc2c2c1ncn2CCCCNC(=O)CCc1ccccc1. The van der Waals surface area contributed by atoms with Gasteiger partial charge in [-0.05, 0) is 30.9 Å². The number of amides is 1. The van der Waals surface area contributed by atoms with Crippen LogP contribution in [0.5, 0.6) is 0 Å². The lowest BCUT2D eigenvalue weighted by atomic mass is 10.1. The highest BCUT2D eigenvalue weighted by molar-refractivity contribution is 6.06. The van der Waals surface area contributed by atoms with E-state index in [1.54, 1.807) is 0 Å². The van der Waals surface area contributed by atoms with E-state index in [0.717, 1.165) is 47.7 Å². The Morgan fingerprint density at radius 3 is 2.69 bits per heavy atom. The van der Waals surface area contributed by atoms with Crippen molar-refractivity contribution in [3.8, 4) is 0 Å². The number of carbonyl (C=O) groups excluding carboxylic acids is 1. The number of aryl methyl sites for hydroxylation is 2. The third-order valence-electron chi connectivity index (χ3n) is 5.11. The van der Waals surface area contributed by atoms with Gasteiger partial charge in [0.15, 0.2) is 5.82 Å². The number of para-hydroxylation sites is 1. The number of nitrogens with two attached hydrogens (primary N) is 1. The summed E-state index contributed by atoms with van der Waals surface area (Å²) in [6.45, 7) is 1.51. The Labute approximate surface area is 169 Å². The molecule has 0 saturated heterocycles. The second-order valence-electron chi connectivity index (χ2n) is 7.19. The second kappa shape index (κ2) is 8.73. The summed E-state index contributed by atoms with van der Waals surface area (Å²) in [7, 11) is 0. The minimum absolute atomic E-state index is 0.103. The van der Waals surface area contributed by atoms with Crippen molar-refractivity contribution in [1.82, 2.24) is 19.9 Å². The maximum Gasteiger partial charge on any atom is 0.220 e. The van der Waals surface area contributed by atoms with Gasteiger partial charge in [0.1, 0.15) is 5.52 Å². The lowest BCUT2D eigenvalue weighted by molar-refractivity contribution is -0.121. The van der Waals surface area contributed by atoms with E-state index < -0.39 is 0 Å². The van der Waals surface area contributed by atoms with Crippen molar-refractivity contribution in [2.45, 2.75) is 32.2 Å². The largest absolute Gasteiger partial charge is 0.382 e. The van der Waals surface area contributed by atoms with Crippen LogP contribution in [0.2, 0.25) is 0 Å². The molecule has 0 aliphatic rings. The Balaban J connectivity index is 1.29.